The summed E-state index contributed by atoms with van der Waals surface area (Å²) < 4.78 is 5.80. The quantitative estimate of drug-likeness (QED) is 0.781. The summed E-state index contributed by atoms with van der Waals surface area (Å²) in [6, 6.07) is 1.98. The Labute approximate surface area is 125 Å². The highest BCUT2D eigenvalue weighted by atomic mass is 16.5. The lowest BCUT2D eigenvalue weighted by molar-refractivity contribution is -0.0801. The normalized spacial score (nSPS) is 41.2. The van der Waals surface area contributed by atoms with Crippen LogP contribution in [0.15, 0.2) is 0 Å². The lowest BCUT2D eigenvalue weighted by Crippen LogP contribution is -2.60. The maximum absolute atomic E-state index is 5.80. The Morgan fingerprint density at radius 1 is 1.10 bits per heavy atom. The van der Waals surface area contributed by atoms with E-state index in [2.05, 4.69) is 49.8 Å². The van der Waals surface area contributed by atoms with E-state index < -0.39 is 0 Å². The molecule has 2 aliphatic rings. The molecule has 0 bridgehead atoms. The number of hydrogen-bond acceptors (Lipinski definition) is 4. The maximum atomic E-state index is 5.80. The average Bonchev–Trinajstić information content (AvgIpc) is 2.42. The minimum atomic E-state index is 0.0586. The van der Waals surface area contributed by atoms with Gasteiger partial charge in [0.25, 0.3) is 0 Å². The molecular formula is C16H33N3O. The second kappa shape index (κ2) is 6.30. The van der Waals surface area contributed by atoms with Crippen molar-refractivity contribution in [2.75, 3.05) is 48.4 Å². The molecule has 0 spiro atoms. The molecule has 4 atom stereocenters. The Hall–Kier alpha value is -0.160. The van der Waals surface area contributed by atoms with Crippen molar-refractivity contribution in [3.05, 3.63) is 0 Å². The van der Waals surface area contributed by atoms with E-state index in [1.165, 1.54) is 19.4 Å². The van der Waals surface area contributed by atoms with Crippen molar-refractivity contribution in [3.63, 3.8) is 0 Å². The fraction of sp³-hybridized carbons (Fsp3) is 1.00. The molecule has 2 fully saturated rings. The highest BCUT2D eigenvalue weighted by Crippen LogP contribution is 2.34. The Morgan fingerprint density at radius 3 is 2.35 bits per heavy atom. The lowest BCUT2D eigenvalue weighted by Gasteiger charge is -2.51. The van der Waals surface area contributed by atoms with Gasteiger partial charge in [0.2, 0.25) is 0 Å². The number of hydrogen-bond donors (Lipinski definition) is 0. The minimum absolute atomic E-state index is 0.0586. The molecule has 0 N–H and O–H groups in total. The first-order valence-electron chi connectivity index (χ1n) is 7.98. The largest absolute Gasteiger partial charge is 0.378 e. The molecule has 0 amide bonds. The predicted molar refractivity (Wildman–Crippen MR) is 84.2 cm³/mol. The summed E-state index contributed by atoms with van der Waals surface area (Å²) in [5, 5.41) is 0. The van der Waals surface area contributed by atoms with E-state index in [1.54, 1.807) is 0 Å². The van der Waals surface area contributed by atoms with E-state index in [9.17, 15) is 0 Å². The van der Waals surface area contributed by atoms with Crippen molar-refractivity contribution < 1.29 is 4.74 Å². The molecule has 2 heterocycles. The summed E-state index contributed by atoms with van der Waals surface area (Å²) in [7, 11) is 10.9. The van der Waals surface area contributed by atoms with Crippen molar-refractivity contribution >= 4 is 0 Å². The summed E-state index contributed by atoms with van der Waals surface area (Å²) in [4.78, 5) is 7.53. The molecule has 2 aliphatic heterocycles. The van der Waals surface area contributed by atoms with Crippen LogP contribution in [0.3, 0.4) is 0 Å². The summed E-state index contributed by atoms with van der Waals surface area (Å²) in [6.45, 7) is 4.63. The number of likely N-dealkylation sites (tertiary alicyclic amines) is 2. The van der Waals surface area contributed by atoms with E-state index in [0.717, 1.165) is 25.4 Å². The summed E-state index contributed by atoms with van der Waals surface area (Å²) in [5.41, 5.74) is 0.0586. The van der Waals surface area contributed by atoms with Crippen molar-refractivity contribution in [3.8, 4) is 0 Å². The molecular weight excluding hydrogens is 250 g/mol. The number of likely N-dealkylation sites (N-methyl/N-ethyl adjacent to an activating group) is 2. The highest BCUT2D eigenvalue weighted by Gasteiger charge is 2.42. The van der Waals surface area contributed by atoms with Crippen LogP contribution in [0.2, 0.25) is 0 Å². The summed E-state index contributed by atoms with van der Waals surface area (Å²) >= 11 is 0. The van der Waals surface area contributed by atoms with Gasteiger partial charge in [0.1, 0.15) is 0 Å². The van der Waals surface area contributed by atoms with Gasteiger partial charge in [0.15, 0.2) is 0 Å². The van der Waals surface area contributed by atoms with Gasteiger partial charge in [-0.1, -0.05) is 0 Å². The number of rotatable bonds is 3. The average molecular weight is 283 g/mol. The maximum Gasteiger partial charge on any atom is 0.0678 e. The molecule has 0 radical (unpaired) electrons. The van der Waals surface area contributed by atoms with Crippen LogP contribution in [0.1, 0.15) is 32.6 Å². The van der Waals surface area contributed by atoms with Gasteiger partial charge in [-0.3, -0.25) is 0 Å². The second-order valence-corrected chi connectivity index (χ2v) is 7.35. The van der Waals surface area contributed by atoms with Gasteiger partial charge in [-0.15, -0.1) is 0 Å². The highest BCUT2D eigenvalue weighted by molar-refractivity contribution is 4.98. The second-order valence-electron chi connectivity index (χ2n) is 7.35. The van der Waals surface area contributed by atoms with E-state index in [1.807, 2.05) is 7.11 Å². The van der Waals surface area contributed by atoms with E-state index in [4.69, 9.17) is 4.74 Å². The monoisotopic (exact) mass is 283 g/mol. The Morgan fingerprint density at radius 2 is 1.75 bits per heavy atom. The van der Waals surface area contributed by atoms with Gasteiger partial charge < -0.3 is 19.4 Å². The standard InChI is InChI=1S/C16H33N3O/c1-16(20-6)8-10-19(5)15(12-16)14-11-13(17(2)3)7-9-18(14)4/h13-15H,7-12H2,1-6H3. The smallest absolute Gasteiger partial charge is 0.0678 e. The molecule has 2 saturated heterocycles. The molecule has 0 aromatic carbocycles. The number of piperidine rings is 2. The molecule has 0 aliphatic carbocycles. The topological polar surface area (TPSA) is 19.0 Å². The van der Waals surface area contributed by atoms with E-state index in [-0.39, 0.29) is 5.60 Å². The molecule has 2 rings (SSSR count). The molecule has 4 nitrogen and oxygen atoms in total. The van der Waals surface area contributed by atoms with Gasteiger partial charge in [-0.2, -0.15) is 0 Å². The Bertz CT molecular complexity index is 323. The molecule has 4 heteroatoms. The SMILES string of the molecule is COC1(C)CCN(C)C(C2CC(N(C)C)CCN2C)C1. The molecule has 0 aromatic rings. The number of ether oxygens (including phenoxy) is 1. The van der Waals surface area contributed by atoms with Gasteiger partial charge in [0.05, 0.1) is 5.60 Å². The number of nitrogens with zero attached hydrogens (tertiary/aromatic N) is 3. The van der Waals surface area contributed by atoms with Crippen LogP contribution >= 0.6 is 0 Å². The van der Waals surface area contributed by atoms with Crippen LogP contribution < -0.4 is 0 Å². The third kappa shape index (κ3) is 3.35. The molecule has 118 valence electrons. The van der Waals surface area contributed by atoms with Gasteiger partial charge >= 0.3 is 0 Å². The van der Waals surface area contributed by atoms with Crippen molar-refractivity contribution in [2.24, 2.45) is 0 Å². The van der Waals surface area contributed by atoms with Crippen molar-refractivity contribution in [2.45, 2.75) is 56.3 Å². The van der Waals surface area contributed by atoms with Crippen LogP contribution in [-0.2, 0) is 4.74 Å². The number of methoxy groups -OCH3 is 1. The van der Waals surface area contributed by atoms with Crippen LogP contribution in [0, 0.1) is 0 Å². The molecule has 0 aromatic heterocycles. The molecule has 4 unspecified atom stereocenters. The molecule has 20 heavy (non-hydrogen) atoms. The first-order chi connectivity index (χ1) is 9.36. The first kappa shape index (κ1) is 16.2. The van der Waals surface area contributed by atoms with Crippen LogP contribution in [-0.4, -0.2) is 86.8 Å². The van der Waals surface area contributed by atoms with Crippen LogP contribution in [0.4, 0.5) is 0 Å². The Balaban J connectivity index is 2.10. The van der Waals surface area contributed by atoms with Gasteiger partial charge in [0, 0.05) is 31.8 Å². The Kier molecular flexibility index (Phi) is 5.11. The first-order valence-corrected chi connectivity index (χ1v) is 7.98. The summed E-state index contributed by atoms with van der Waals surface area (Å²) in [5.74, 6) is 0. The third-order valence-electron chi connectivity index (χ3n) is 5.76. The van der Waals surface area contributed by atoms with Crippen molar-refractivity contribution in [1.29, 1.82) is 0 Å². The minimum Gasteiger partial charge on any atom is -0.378 e. The van der Waals surface area contributed by atoms with Crippen LogP contribution in [0.5, 0.6) is 0 Å². The zero-order valence-electron chi connectivity index (χ0n) is 14.2. The summed E-state index contributed by atoms with van der Waals surface area (Å²) in [6.07, 6.45) is 4.86. The van der Waals surface area contributed by atoms with E-state index in [0.29, 0.717) is 12.1 Å². The predicted octanol–water partition coefficient (Wildman–Crippen LogP) is 1.51. The van der Waals surface area contributed by atoms with E-state index >= 15 is 0 Å². The lowest BCUT2D eigenvalue weighted by atomic mass is 9.81. The zero-order valence-corrected chi connectivity index (χ0v) is 14.2. The fourth-order valence-electron chi connectivity index (χ4n) is 3.91. The van der Waals surface area contributed by atoms with Gasteiger partial charge in [-0.25, -0.2) is 0 Å². The molecule has 0 saturated carbocycles. The van der Waals surface area contributed by atoms with Crippen molar-refractivity contribution in [1.82, 2.24) is 14.7 Å². The fourth-order valence-corrected chi connectivity index (χ4v) is 3.91. The van der Waals surface area contributed by atoms with Crippen LogP contribution in [0.25, 0.3) is 0 Å². The van der Waals surface area contributed by atoms with Gasteiger partial charge in [-0.05, 0) is 67.3 Å². The zero-order chi connectivity index (χ0) is 14.9. The third-order valence-corrected chi connectivity index (χ3v) is 5.76.